The molecule has 0 aliphatic rings. The first-order chi connectivity index (χ1) is 11.1. The predicted molar refractivity (Wildman–Crippen MR) is 97.6 cm³/mol. The molecule has 0 saturated heterocycles. The van der Waals surface area contributed by atoms with Gasteiger partial charge in [0.2, 0.25) is 0 Å². The summed E-state index contributed by atoms with van der Waals surface area (Å²) in [6, 6.07) is 17.3. The van der Waals surface area contributed by atoms with Gasteiger partial charge in [-0.1, -0.05) is 48.0 Å². The van der Waals surface area contributed by atoms with Crippen molar-refractivity contribution >= 4 is 23.3 Å². The number of fused-ring (bicyclic) bond motifs is 1. The van der Waals surface area contributed by atoms with Gasteiger partial charge in [0.05, 0.1) is 5.69 Å². The zero-order chi connectivity index (χ0) is 16.4. The molecule has 2 heteroatoms. The van der Waals surface area contributed by atoms with Crippen LogP contribution in [0.5, 0.6) is 0 Å². The second kappa shape index (κ2) is 6.25. The number of nitrogens with zero attached hydrogens (tertiary/aromatic N) is 1. The van der Waals surface area contributed by atoms with Gasteiger partial charge in [0, 0.05) is 22.5 Å². The van der Waals surface area contributed by atoms with Gasteiger partial charge in [0.1, 0.15) is 6.29 Å². The van der Waals surface area contributed by atoms with Gasteiger partial charge in [0.15, 0.2) is 0 Å². The molecular weight excluding hydrogens is 282 g/mol. The lowest BCUT2D eigenvalue weighted by Crippen LogP contribution is -2.02. The van der Waals surface area contributed by atoms with E-state index in [4.69, 9.17) is 0 Å². The Morgan fingerprint density at radius 1 is 1.00 bits per heavy atom. The van der Waals surface area contributed by atoms with Crippen LogP contribution in [-0.4, -0.2) is 10.9 Å². The van der Waals surface area contributed by atoms with E-state index < -0.39 is 0 Å². The summed E-state index contributed by atoms with van der Waals surface area (Å²) in [5.41, 5.74) is 5.89. The van der Waals surface area contributed by atoms with Crippen molar-refractivity contribution in [1.29, 1.82) is 0 Å². The molecule has 0 fully saturated rings. The fourth-order valence-electron chi connectivity index (χ4n) is 3.16. The van der Waals surface area contributed by atoms with Gasteiger partial charge in [-0.2, -0.15) is 0 Å². The SMILES string of the molecule is Cc1ccc(-c2c(/C=C/C=O)n(C(C)C)c3ccccc23)cc1. The summed E-state index contributed by atoms with van der Waals surface area (Å²) in [5.74, 6) is 0. The normalized spacial score (nSPS) is 11.7. The highest BCUT2D eigenvalue weighted by atomic mass is 16.1. The zero-order valence-electron chi connectivity index (χ0n) is 13.8. The Bertz CT molecular complexity index is 867. The second-order valence-corrected chi connectivity index (χ2v) is 6.10. The molecule has 0 bridgehead atoms. The van der Waals surface area contributed by atoms with Gasteiger partial charge < -0.3 is 4.57 Å². The van der Waals surface area contributed by atoms with E-state index in [2.05, 4.69) is 73.9 Å². The van der Waals surface area contributed by atoms with E-state index in [1.807, 2.05) is 6.08 Å². The molecule has 0 amide bonds. The van der Waals surface area contributed by atoms with E-state index in [0.717, 1.165) is 12.0 Å². The average Bonchev–Trinajstić information content (AvgIpc) is 2.88. The molecule has 1 aromatic heterocycles. The molecular formula is C21H21NO. The number of para-hydroxylation sites is 1. The lowest BCUT2D eigenvalue weighted by molar-refractivity contribution is -0.104. The van der Waals surface area contributed by atoms with Crippen LogP contribution in [0, 0.1) is 6.92 Å². The van der Waals surface area contributed by atoms with E-state index >= 15 is 0 Å². The van der Waals surface area contributed by atoms with E-state index in [1.54, 1.807) is 6.08 Å². The fraction of sp³-hybridized carbons (Fsp3) is 0.190. The summed E-state index contributed by atoms with van der Waals surface area (Å²) >= 11 is 0. The van der Waals surface area contributed by atoms with Gasteiger partial charge in [-0.3, -0.25) is 4.79 Å². The van der Waals surface area contributed by atoms with Crippen LogP contribution < -0.4 is 0 Å². The van der Waals surface area contributed by atoms with Crippen LogP contribution >= 0.6 is 0 Å². The van der Waals surface area contributed by atoms with Crippen molar-refractivity contribution in [2.24, 2.45) is 0 Å². The Hall–Kier alpha value is -2.61. The molecule has 0 radical (unpaired) electrons. The molecule has 23 heavy (non-hydrogen) atoms. The Kier molecular flexibility index (Phi) is 4.16. The highest BCUT2D eigenvalue weighted by Crippen LogP contribution is 2.37. The lowest BCUT2D eigenvalue weighted by Gasteiger charge is -2.13. The van der Waals surface area contributed by atoms with Crippen molar-refractivity contribution < 1.29 is 4.79 Å². The van der Waals surface area contributed by atoms with Crippen molar-refractivity contribution in [3.8, 4) is 11.1 Å². The topological polar surface area (TPSA) is 22.0 Å². The van der Waals surface area contributed by atoms with Crippen LogP contribution in [0.15, 0.2) is 54.6 Å². The minimum absolute atomic E-state index is 0.311. The summed E-state index contributed by atoms with van der Waals surface area (Å²) in [5, 5.41) is 1.22. The highest BCUT2D eigenvalue weighted by Gasteiger charge is 2.18. The van der Waals surface area contributed by atoms with Crippen LogP contribution in [0.25, 0.3) is 28.1 Å². The van der Waals surface area contributed by atoms with Gasteiger partial charge in [-0.15, -0.1) is 0 Å². The number of hydrogen-bond acceptors (Lipinski definition) is 1. The minimum Gasteiger partial charge on any atom is -0.338 e. The van der Waals surface area contributed by atoms with Crippen LogP contribution in [0.4, 0.5) is 0 Å². The molecule has 2 nitrogen and oxygen atoms in total. The Balaban J connectivity index is 2.40. The van der Waals surface area contributed by atoms with Crippen molar-refractivity contribution in [3.63, 3.8) is 0 Å². The summed E-state index contributed by atoms with van der Waals surface area (Å²) in [7, 11) is 0. The molecule has 0 unspecified atom stereocenters. The van der Waals surface area contributed by atoms with Crippen molar-refractivity contribution in [3.05, 3.63) is 65.9 Å². The van der Waals surface area contributed by atoms with Crippen molar-refractivity contribution in [2.45, 2.75) is 26.8 Å². The number of aldehydes is 1. The molecule has 3 rings (SSSR count). The molecule has 0 spiro atoms. The molecule has 0 aliphatic heterocycles. The number of carbonyl (C=O) groups is 1. The van der Waals surface area contributed by atoms with E-state index in [9.17, 15) is 4.79 Å². The molecule has 0 N–H and O–H groups in total. The molecule has 3 aromatic rings. The lowest BCUT2D eigenvalue weighted by atomic mass is 10.0. The Labute approximate surface area is 137 Å². The maximum Gasteiger partial charge on any atom is 0.142 e. The summed E-state index contributed by atoms with van der Waals surface area (Å²) in [6.45, 7) is 6.43. The molecule has 0 atom stereocenters. The standard InChI is InChI=1S/C21H21NO/c1-15(2)22-19-8-5-4-7-18(19)21(20(22)9-6-14-23)17-12-10-16(3)11-13-17/h4-15H,1-3H3/b9-6+. The number of aromatic nitrogens is 1. The third-order valence-corrected chi connectivity index (χ3v) is 4.14. The number of benzene rings is 2. The summed E-state index contributed by atoms with van der Waals surface area (Å²) in [4.78, 5) is 10.9. The number of carbonyl (C=O) groups excluding carboxylic acids is 1. The molecule has 1 heterocycles. The first-order valence-corrected chi connectivity index (χ1v) is 7.95. The van der Waals surface area contributed by atoms with Crippen LogP contribution in [0.2, 0.25) is 0 Å². The van der Waals surface area contributed by atoms with Gasteiger partial charge >= 0.3 is 0 Å². The summed E-state index contributed by atoms with van der Waals surface area (Å²) < 4.78 is 2.30. The van der Waals surface area contributed by atoms with Crippen molar-refractivity contribution in [2.75, 3.05) is 0 Å². The number of aryl methyl sites for hydroxylation is 1. The highest BCUT2D eigenvalue weighted by molar-refractivity contribution is 6.01. The monoisotopic (exact) mass is 303 g/mol. The van der Waals surface area contributed by atoms with Crippen molar-refractivity contribution in [1.82, 2.24) is 4.57 Å². The Morgan fingerprint density at radius 2 is 1.70 bits per heavy atom. The molecule has 116 valence electrons. The quantitative estimate of drug-likeness (QED) is 0.466. The number of allylic oxidation sites excluding steroid dienone is 1. The third-order valence-electron chi connectivity index (χ3n) is 4.14. The van der Waals surface area contributed by atoms with Crippen LogP contribution in [0.1, 0.15) is 31.1 Å². The number of hydrogen-bond donors (Lipinski definition) is 0. The van der Waals surface area contributed by atoms with E-state index in [0.29, 0.717) is 6.04 Å². The van der Waals surface area contributed by atoms with Gasteiger partial charge in [-0.25, -0.2) is 0 Å². The predicted octanol–water partition coefficient (Wildman–Crippen LogP) is 5.41. The first-order valence-electron chi connectivity index (χ1n) is 7.95. The van der Waals surface area contributed by atoms with E-state index in [1.165, 1.54) is 27.6 Å². The van der Waals surface area contributed by atoms with E-state index in [-0.39, 0.29) is 0 Å². The van der Waals surface area contributed by atoms with Gasteiger partial charge in [-0.05, 0) is 44.6 Å². The second-order valence-electron chi connectivity index (χ2n) is 6.10. The number of rotatable bonds is 4. The molecule has 0 aliphatic carbocycles. The Morgan fingerprint density at radius 3 is 2.35 bits per heavy atom. The third kappa shape index (κ3) is 2.72. The van der Waals surface area contributed by atoms with Crippen LogP contribution in [-0.2, 0) is 4.79 Å². The maximum atomic E-state index is 10.9. The molecule has 2 aromatic carbocycles. The van der Waals surface area contributed by atoms with Gasteiger partial charge in [0.25, 0.3) is 0 Å². The minimum atomic E-state index is 0.311. The fourth-order valence-corrected chi connectivity index (χ4v) is 3.16. The maximum absolute atomic E-state index is 10.9. The first kappa shape index (κ1) is 15.3. The summed E-state index contributed by atoms with van der Waals surface area (Å²) in [6.07, 6.45) is 4.33. The molecule has 0 saturated carbocycles. The largest absolute Gasteiger partial charge is 0.338 e. The zero-order valence-corrected chi connectivity index (χ0v) is 13.8. The van der Waals surface area contributed by atoms with Crippen LogP contribution in [0.3, 0.4) is 0 Å². The smallest absolute Gasteiger partial charge is 0.142 e. The average molecular weight is 303 g/mol.